The number of rotatable bonds is 7. The van der Waals surface area contributed by atoms with Crippen molar-refractivity contribution in [2.75, 3.05) is 13.6 Å². The molecule has 0 saturated carbocycles. The van der Waals surface area contributed by atoms with Gasteiger partial charge in [-0.1, -0.05) is 24.3 Å². The number of halogens is 1. The van der Waals surface area contributed by atoms with Crippen LogP contribution in [0.2, 0.25) is 0 Å². The summed E-state index contributed by atoms with van der Waals surface area (Å²) in [6.07, 6.45) is 0.528. The van der Waals surface area contributed by atoms with Gasteiger partial charge in [-0.15, -0.1) is 22.9 Å². The number of alkyl halides is 1. The van der Waals surface area contributed by atoms with Crippen molar-refractivity contribution in [3.05, 3.63) is 40.9 Å². The van der Waals surface area contributed by atoms with Gasteiger partial charge in [-0.3, -0.25) is 0 Å². The predicted octanol–water partition coefficient (Wildman–Crippen LogP) is 3.75. The third-order valence-corrected chi connectivity index (χ3v) is 4.50. The molecule has 0 aliphatic carbocycles. The molecule has 0 radical (unpaired) electrons. The molecule has 1 N–H and O–H groups in total. The smallest absolute Gasteiger partial charge is 0.123 e. The van der Waals surface area contributed by atoms with Crippen molar-refractivity contribution in [3.8, 4) is 10.6 Å². The molecule has 114 valence electrons. The van der Waals surface area contributed by atoms with E-state index in [-0.39, 0.29) is 6.10 Å². The Hall–Kier alpha value is -0.940. The third-order valence-electron chi connectivity index (χ3n) is 3.31. The number of thiazole rings is 1. The molecule has 0 amide bonds. The van der Waals surface area contributed by atoms with Gasteiger partial charge in [0, 0.05) is 24.0 Å². The van der Waals surface area contributed by atoms with E-state index in [1.54, 1.807) is 11.3 Å². The van der Waals surface area contributed by atoms with Crippen molar-refractivity contribution in [1.82, 2.24) is 9.88 Å². The average molecular weight is 325 g/mol. The molecule has 1 heterocycles. The van der Waals surface area contributed by atoms with E-state index < -0.39 is 0 Å². The Morgan fingerprint density at radius 3 is 2.81 bits per heavy atom. The van der Waals surface area contributed by atoms with Crippen molar-refractivity contribution < 1.29 is 5.11 Å². The number of hydrogen-bond donors (Lipinski definition) is 1. The largest absolute Gasteiger partial charge is 0.393 e. The maximum atomic E-state index is 9.38. The van der Waals surface area contributed by atoms with Crippen molar-refractivity contribution >= 4 is 22.9 Å². The lowest BCUT2D eigenvalue weighted by Crippen LogP contribution is -2.22. The normalized spacial score (nSPS) is 12.8. The van der Waals surface area contributed by atoms with Gasteiger partial charge in [0.2, 0.25) is 0 Å². The zero-order valence-corrected chi connectivity index (χ0v) is 14.0. The van der Waals surface area contributed by atoms with Crippen LogP contribution >= 0.6 is 22.9 Å². The first kappa shape index (κ1) is 16.4. The average Bonchev–Trinajstić information content (AvgIpc) is 2.94. The van der Waals surface area contributed by atoms with E-state index in [1.807, 2.05) is 18.4 Å². The van der Waals surface area contributed by atoms with Gasteiger partial charge < -0.3 is 10.0 Å². The number of nitrogens with zero attached hydrogens (tertiary/aromatic N) is 2. The van der Waals surface area contributed by atoms with Gasteiger partial charge in [0.1, 0.15) is 5.01 Å². The highest BCUT2D eigenvalue weighted by molar-refractivity contribution is 7.13. The summed E-state index contributed by atoms with van der Waals surface area (Å²) in [5.41, 5.74) is 3.35. The van der Waals surface area contributed by atoms with Gasteiger partial charge in [-0.05, 0) is 26.0 Å². The van der Waals surface area contributed by atoms with Gasteiger partial charge in [-0.2, -0.15) is 0 Å². The number of hydrogen-bond acceptors (Lipinski definition) is 4. The van der Waals surface area contributed by atoms with Crippen molar-refractivity contribution in [2.24, 2.45) is 0 Å². The van der Waals surface area contributed by atoms with Crippen molar-refractivity contribution in [2.45, 2.75) is 31.9 Å². The van der Waals surface area contributed by atoms with Crippen LogP contribution in [0, 0.1) is 0 Å². The number of benzene rings is 1. The van der Waals surface area contributed by atoms with E-state index in [9.17, 15) is 5.11 Å². The monoisotopic (exact) mass is 324 g/mol. The van der Waals surface area contributed by atoms with E-state index >= 15 is 0 Å². The van der Waals surface area contributed by atoms with E-state index in [4.69, 9.17) is 11.6 Å². The zero-order chi connectivity index (χ0) is 15.2. The summed E-state index contributed by atoms with van der Waals surface area (Å²) in [4.78, 5) is 6.79. The van der Waals surface area contributed by atoms with E-state index in [0.717, 1.165) is 30.2 Å². The molecule has 5 heteroatoms. The Morgan fingerprint density at radius 2 is 2.14 bits per heavy atom. The van der Waals surface area contributed by atoms with Crippen LogP contribution in [0.4, 0.5) is 0 Å². The van der Waals surface area contributed by atoms with Crippen molar-refractivity contribution in [3.63, 3.8) is 0 Å². The molecule has 2 rings (SSSR count). The molecule has 0 saturated heterocycles. The first-order chi connectivity index (χ1) is 10.1. The Balaban J connectivity index is 2.13. The van der Waals surface area contributed by atoms with Crippen LogP contribution in [0.5, 0.6) is 0 Å². The van der Waals surface area contributed by atoms with E-state index in [0.29, 0.717) is 5.88 Å². The standard InChI is InChI=1S/C16H21ClN2OS/c1-12(20)7-8-19(2)10-13-5-3-4-6-15(13)16-18-14(9-17)11-21-16/h3-6,11-12,20H,7-10H2,1-2H3. The lowest BCUT2D eigenvalue weighted by molar-refractivity contribution is 0.163. The van der Waals surface area contributed by atoms with Gasteiger partial charge in [0.05, 0.1) is 17.7 Å². The molecular formula is C16H21ClN2OS. The molecule has 1 aromatic carbocycles. The molecule has 1 unspecified atom stereocenters. The van der Waals surface area contributed by atoms with E-state index in [1.165, 1.54) is 11.1 Å². The second-order valence-corrected chi connectivity index (χ2v) is 6.44. The molecule has 3 nitrogen and oxygen atoms in total. The SMILES string of the molecule is CC(O)CCN(C)Cc1ccccc1-c1nc(CCl)cs1. The molecule has 2 aromatic rings. The fourth-order valence-corrected chi connectivity index (χ4v) is 3.24. The number of aromatic nitrogens is 1. The summed E-state index contributed by atoms with van der Waals surface area (Å²) in [6.45, 7) is 3.54. The van der Waals surface area contributed by atoms with Crippen LogP contribution in [0.1, 0.15) is 24.6 Å². The fraction of sp³-hybridized carbons (Fsp3) is 0.438. The van der Waals surface area contributed by atoms with Crippen LogP contribution in [0.15, 0.2) is 29.6 Å². The summed E-state index contributed by atoms with van der Waals surface area (Å²) in [5.74, 6) is 0.451. The van der Waals surface area contributed by atoms with Gasteiger partial charge in [0.25, 0.3) is 0 Å². The second kappa shape index (κ2) is 7.90. The van der Waals surface area contributed by atoms with Gasteiger partial charge in [-0.25, -0.2) is 4.98 Å². The highest BCUT2D eigenvalue weighted by Gasteiger charge is 2.11. The lowest BCUT2D eigenvalue weighted by Gasteiger charge is -2.19. The second-order valence-electron chi connectivity index (χ2n) is 5.31. The zero-order valence-electron chi connectivity index (χ0n) is 12.4. The summed E-state index contributed by atoms with van der Waals surface area (Å²) < 4.78 is 0. The molecular weight excluding hydrogens is 304 g/mol. The molecule has 0 bridgehead atoms. The summed E-state index contributed by atoms with van der Waals surface area (Å²) in [5, 5.41) is 12.4. The highest BCUT2D eigenvalue weighted by Crippen LogP contribution is 2.28. The summed E-state index contributed by atoms with van der Waals surface area (Å²) in [7, 11) is 2.07. The molecule has 0 aliphatic rings. The lowest BCUT2D eigenvalue weighted by atomic mass is 10.1. The number of aliphatic hydroxyl groups is 1. The van der Waals surface area contributed by atoms with Crippen LogP contribution in [-0.4, -0.2) is 34.7 Å². The summed E-state index contributed by atoms with van der Waals surface area (Å²) in [6, 6.07) is 8.33. The Bertz CT molecular complexity index is 571. The molecule has 1 aromatic heterocycles. The van der Waals surface area contributed by atoms with Crippen molar-refractivity contribution in [1.29, 1.82) is 0 Å². The van der Waals surface area contributed by atoms with Crippen LogP contribution in [0.3, 0.4) is 0 Å². The maximum absolute atomic E-state index is 9.38. The molecule has 0 spiro atoms. The maximum Gasteiger partial charge on any atom is 0.123 e. The fourth-order valence-electron chi connectivity index (χ4n) is 2.14. The van der Waals surface area contributed by atoms with Crippen LogP contribution in [0.25, 0.3) is 10.6 Å². The first-order valence-corrected chi connectivity index (χ1v) is 8.47. The minimum absolute atomic E-state index is 0.257. The van der Waals surface area contributed by atoms with Gasteiger partial charge >= 0.3 is 0 Å². The van der Waals surface area contributed by atoms with Crippen LogP contribution < -0.4 is 0 Å². The molecule has 0 fully saturated rings. The molecule has 1 atom stereocenters. The summed E-state index contributed by atoms with van der Waals surface area (Å²) >= 11 is 7.47. The van der Waals surface area contributed by atoms with Gasteiger partial charge in [0.15, 0.2) is 0 Å². The quantitative estimate of drug-likeness (QED) is 0.788. The highest BCUT2D eigenvalue weighted by atomic mass is 35.5. The molecule has 21 heavy (non-hydrogen) atoms. The minimum atomic E-state index is -0.257. The third kappa shape index (κ3) is 4.78. The van der Waals surface area contributed by atoms with E-state index in [2.05, 4.69) is 35.1 Å². The Morgan fingerprint density at radius 1 is 1.38 bits per heavy atom. The Kier molecular flexibility index (Phi) is 6.18. The topological polar surface area (TPSA) is 36.4 Å². The number of aliphatic hydroxyl groups excluding tert-OH is 1. The molecule has 0 aliphatic heterocycles. The van der Waals surface area contributed by atoms with Crippen LogP contribution in [-0.2, 0) is 12.4 Å². The Labute approximate surface area is 135 Å². The first-order valence-electron chi connectivity index (χ1n) is 7.05. The minimum Gasteiger partial charge on any atom is -0.393 e. The predicted molar refractivity (Wildman–Crippen MR) is 89.7 cm³/mol.